The molecule has 0 spiro atoms. The fraction of sp³-hybridized carbons (Fsp3) is 0.333. The molecule has 0 saturated carbocycles. The minimum atomic E-state index is 0.124. The number of hydrogen-bond acceptors (Lipinski definition) is 3. The van der Waals surface area contributed by atoms with E-state index in [1.165, 1.54) is 0 Å². The minimum Gasteiger partial charge on any atom is -0.310 e. The normalized spacial score (nSPS) is 27.5. The van der Waals surface area contributed by atoms with Gasteiger partial charge in [0.15, 0.2) is 6.29 Å². The van der Waals surface area contributed by atoms with Crippen molar-refractivity contribution >= 4 is 29.6 Å². The molecule has 1 amide bonds. The van der Waals surface area contributed by atoms with Gasteiger partial charge in [0.2, 0.25) is 5.91 Å². The Hall–Kier alpha value is -1.29. The number of thioether (sulfide) groups is 1. The third kappa shape index (κ3) is 1.37. The topological polar surface area (TPSA) is 37.4 Å². The van der Waals surface area contributed by atoms with Gasteiger partial charge in [-0.25, -0.2) is 0 Å². The Bertz CT molecular complexity index is 454. The third-order valence-corrected chi connectivity index (χ3v) is 4.56. The van der Waals surface area contributed by atoms with E-state index < -0.39 is 0 Å². The number of para-hydroxylation sites is 1. The van der Waals surface area contributed by atoms with Gasteiger partial charge in [0.05, 0.1) is 10.9 Å². The van der Waals surface area contributed by atoms with Gasteiger partial charge < -0.3 is 4.90 Å². The van der Waals surface area contributed by atoms with Crippen LogP contribution >= 0.6 is 11.8 Å². The summed E-state index contributed by atoms with van der Waals surface area (Å²) in [6.45, 7) is 0.741. The predicted molar refractivity (Wildman–Crippen MR) is 64.0 cm³/mol. The quantitative estimate of drug-likeness (QED) is 0.730. The molecule has 2 atom stereocenters. The first-order valence-corrected chi connectivity index (χ1v) is 6.25. The molecule has 4 heteroatoms. The molecule has 3 aliphatic heterocycles. The zero-order chi connectivity index (χ0) is 11.1. The van der Waals surface area contributed by atoms with Crippen LogP contribution < -0.4 is 4.90 Å². The molecule has 2 bridgehead atoms. The second-order valence-corrected chi connectivity index (χ2v) is 5.62. The number of hydrogen-bond donors (Lipinski definition) is 0. The lowest BCUT2D eigenvalue weighted by Crippen LogP contribution is -2.55. The Labute approximate surface area is 97.8 Å². The molecule has 3 nitrogen and oxygen atoms in total. The summed E-state index contributed by atoms with van der Waals surface area (Å²) >= 11 is 1.76. The Balaban J connectivity index is 1.97. The number of amides is 1. The van der Waals surface area contributed by atoms with E-state index in [1.54, 1.807) is 22.7 Å². The summed E-state index contributed by atoms with van der Waals surface area (Å²) in [5, 5.41) is 0.681. The summed E-state index contributed by atoms with van der Waals surface area (Å²) in [4.78, 5) is 24.7. The van der Waals surface area contributed by atoms with Crippen LogP contribution in [0.4, 0.5) is 5.69 Å². The van der Waals surface area contributed by atoms with E-state index in [2.05, 4.69) is 0 Å². The Morgan fingerprint density at radius 3 is 2.81 bits per heavy atom. The van der Waals surface area contributed by atoms with Crippen molar-refractivity contribution in [2.24, 2.45) is 0 Å². The van der Waals surface area contributed by atoms with Crippen molar-refractivity contribution in [3.8, 4) is 0 Å². The van der Waals surface area contributed by atoms with E-state index >= 15 is 0 Å². The molecule has 2 unspecified atom stereocenters. The van der Waals surface area contributed by atoms with E-state index in [4.69, 9.17) is 0 Å². The van der Waals surface area contributed by atoms with Crippen molar-refractivity contribution in [3.63, 3.8) is 0 Å². The molecule has 4 rings (SSSR count). The molecule has 1 aromatic rings. The summed E-state index contributed by atoms with van der Waals surface area (Å²) in [6.07, 6.45) is 1.82. The minimum absolute atomic E-state index is 0.124. The van der Waals surface area contributed by atoms with Crippen molar-refractivity contribution in [2.75, 3.05) is 11.4 Å². The molecule has 82 valence electrons. The van der Waals surface area contributed by atoms with E-state index in [0.717, 1.165) is 24.9 Å². The highest BCUT2D eigenvalue weighted by molar-refractivity contribution is 8.02. The molecule has 0 N–H and O–H groups in total. The van der Waals surface area contributed by atoms with Crippen molar-refractivity contribution < 1.29 is 9.59 Å². The largest absolute Gasteiger partial charge is 0.310 e. The van der Waals surface area contributed by atoms with E-state index in [0.29, 0.717) is 10.8 Å². The van der Waals surface area contributed by atoms with E-state index in [1.807, 2.05) is 18.2 Å². The van der Waals surface area contributed by atoms with Gasteiger partial charge in [-0.2, -0.15) is 0 Å². The highest BCUT2D eigenvalue weighted by Gasteiger charge is 2.45. The number of piperidine rings is 1. The first-order chi connectivity index (χ1) is 7.79. The van der Waals surface area contributed by atoms with Gasteiger partial charge in [0, 0.05) is 17.4 Å². The summed E-state index contributed by atoms with van der Waals surface area (Å²) in [5.74, 6) is 0.154. The lowest BCUT2D eigenvalue weighted by molar-refractivity contribution is -0.119. The average Bonchev–Trinajstić information content (AvgIpc) is 2.28. The molecule has 0 radical (unpaired) electrons. The van der Waals surface area contributed by atoms with Crippen molar-refractivity contribution in [1.29, 1.82) is 0 Å². The molecular formula is C12H11NO2S. The average molecular weight is 233 g/mol. The van der Waals surface area contributed by atoms with Crippen LogP contribution in [0, 0.1) is 0 Å². The Morgan fingerprint density at radius 1 is 1.38 bits per heavy atom. The van der Waals surface area contributed by atoms with Crippen LogP contribution in [0.15, 0.2) is 24.3 Å². The first kappa shape index (κ1) is 9.90. The van der Waals surface area contributed by atoms with Crippen LogP contribution in [-0.4, -0.2) is 29.2 Å². The number of anilines is 1. The maximum Gasteiger partial charge on any atom is 0.240 e. The predicted octanol–water partition coefficient (Wildman–Crippen LogP) is 1.72. The maximum atomic E-state index is 12.0. The lowest BCUT2D eigenvalue weighted by atomic mass is 10.0. The second kappa shape index (κ2) is 3.63. The fourth-order valence-electron chi connectivity index (χ4n) is 2.25. The number of benzene rings is 1. The SMILES string of the molecule is O=Cc1ccccc1N1CC2CC(S2)C1=O. The van der Waals surface area contributed by atoms with Crippen molar-refractivity contribution in [3.05, 3.63) is 29.8 Å². The van der Waals surface area contributed by atoms with Gasteiger partial charge in [-0.1, -0.05) is 12.1 Å². The Morgan fingerprint density at radius 2 is 2.12 bits per heavy atom. The standard InChI is InChI=1S/C12H11NO2S/c14-7-8-3-1-2-4-10(8)13-6-9-5-11(16-9)12(13)15/h1-4,7,9,11H,5-6H2. The third-order valence-electron chi connectivity index (χ3n) is 3.12. The smallest absolute Gasteiger partial charge is 0.240 e. The van der Waals surface area contributed by atoms with Crippen LogP contribution in [0.25, 0.3) is 0 Å². The number of aldehydes is 1. The number of rotatable bonds is 2. The van der Waals surface area contributed by atoms with Gasteiger partial charge in [-0.05, 0) is 18.6 Å². The molecule has 3 heterocycles. The zero-order valence-corrected chi connectivity index (χ0v) is 9.44. The molecule has 0 aliphatic carbocycles. The van der Waals surface area contributed by atoms with Gasteiger partial charge in [0.25, 0.3) is 0 Å². The summed E-state index contributed by atoms with van der Waals surface area (Å²) in [6, 6.07) is 7.28. The van der Waals surface area contributed by atoms with Crippen LogP contribution in [-0.2, 0) is 4.79 Å². The summed E-state index contributed by atoms with van der Waals surface area (Å²) in [7, 11) is 0. The van der Waals surface area contributed by atoms with Gasteiger partial charge in [-0.15, -0.1) is 11.8 Å². The summed E-state index contributed by atoms with van der Waals surface area (Å²) in [5.41, 5.74) is 1.36. The second-order valence-electron chi connectivity index (χ2n) is 4.11. The zero-order valence-electron chi connectivity index (χ0n) is 8.63. The highest BCUT2D eigenvalue weighted by atomic mass is 32.2. The van der Waals surface area contributed by atoms with Gasteiger partial charge in [-0.3, -0.25) is 9.59 Å². The van der Waals surface area contributed by atoms with Crippen LogP contribution in [0.2, 0.25) is 0 Å². The van der Waals surface area contributed by atoms with Crippen LogP contribution in [0.3, 0.4) is 0 Å². The fourth-order valence-corrected chi connectivity index (χ4v) is 3.49. The molecular weight excluding hydrogens is 222 g/mol. The van der Waals surface area contributed by atoms with Crippen molar-refractivity contribution in [2.45, 2.75) is 16.9 Å². The maximum absolute atomic E-state index is 12.0. The number of carbonyl (C=O) groups excluding carboxylic acids is 2. The molecule has 3 saturated heterocycles. The van der Waals surface area contributed by atoms with Crippen molar-refractivity contribution in [1.82, 2.24) is 0 Å². The first-order valence-electron chi connectivity index (χ1n) is 5.30. The molecule has 16 heavy (non-hydrogen) atoms. The molecule has 0 aromatic heterocycles. The highest BCUT2D eigenvalue weighted by Crippen LogP contribution is 2.43. The van der Waals surface area contributed by atoms with Crippen LogP contribution in [0.1, 0.15) is 16.8 Å². The van der Waals surface area contributed by atoms with E-state index in [-0.39, 0.29) is 11.2 Å². The Kier molecular flexibility index (Phi) is 2.24. The number of nitrogens with zero attached hydrogens (tertiary/aromatic N) is 1. The lowest BCUT2D eigenvalue weighted by Gasteiger charge is -2.45. The number of carbonyl (C=O) groups is 2. The monoisotopic (exact) mass is 233 g/mol. The van der Waals surface area contributed by atoms with Crippen LogP contribution in [0.5, 0.6) is 0 Å². The van der Waals surface area contributed by atoms with Gasteiger partial charge in [0.1, 0.15) is 0 Å². The van der Waals surface area contributed by atoms with Gasteiger partial charge >= 0.3 is 0 Å². The molecule has 1 aromatic carbocycles. The van der Waals surface area contributed by atoms with E-state index in [9.17, 15) is 9.59 Å². The summed E-state index contributed by atoms with van der Waals surface area (Å²) < 4.78 is 0. The molecule has 3 aliphatic rings. The molecule has 3 fully saturated rings. The number of fused-ring (bicyclic) bond motifs is 2.